The number of rotatable bonds is 4. The lowest BCUT2D eigenvalue weighted by molar-refractivity contribution is 0.0928. The fourth-order valence-electron chi connectivity index (χ4n) is 2.60. The predicted molar refractivity (Wildman–Crippen MR) is 93.6 cm³/mol. The van der Waals surface area contributed by atoms with Gasteiger partial charge in [0.05, 0.1) is 5.56 Å². The average Bonchev–Trinajstić information content (AvgIpc) is 2.57. The first-order valence-electron chi connectivity index (χ1n) is 7.66. The van der Waals surface area contributed by atoms with Gasteiger partial charge in [-0.15, -0.1) is 12.4 Å². The zero-order chi connectivity index (χ0) is 15.2. The quantitative estimate of drug-likeness (QED) is 0.902. The van der Waals surface area contributed by atoms with E-state index in [0.29, 0.717) is 11.3 Å². The maximum atomic E-state index is 12.5. The molecule has 1 unspecified atom stereocenters. The number of piperidine rings is 1. The van der Waals surface area contributed by atoms with Crippen molar-refractivity contribution in [3.63, 3.8) is 0 Å². The standard InChI is InChI=1S/C18H20N2O2.ClH/c21-18(20-14-7-6-12-19-13-14)16-10-4-5-11-17(16)22-15-8-2-1-3-9-15;/h1-5,8-11,14,19H,6-7,12-13H2,(H,20,21);1H. The zero-order valence-electron chi connectivity index (χ0n) is 12.8. The van der Waals surface area contributed by atoms with Crippen LogP contribution in [0, 0.1) is 0 Å². The SMILES string of the molecule is Cl.O=C(NC1CCCNC1)c1ccccc1Oc1ccccc1. The molecule has 5 heteroatoms. The molecule has 1 saturated heterocycles. The maximum absolute atomic E-state index is 12.5. The van der Waals surface area contributed by atoms with Crippen molar-refractivity contribution >= 4 is 18.3 Å². The van der Waals surface area contributed by atoms with Gasteiger partial charge in [0.1, 0.15) is 11.5 Å². The van der Waals surface area contributed by atoms with Gasteiger partial charge in [-0.3, -0.25) is 4.79 Å². The van der Waals surface area contributed by atoms with Crippen LogP contribution >= 0.6 is 12.4 Å². The van der Waals surface area contributed by atoms with E-state index in [1.54, 1.807) is 6.07 Å². The van der Waals surface area contributed by atoms with Crippen LogP contribution in [-0.4, -0.2) is 25.0 Å². The third-order valence-electron chi connectivity index (χ3n) is 3.73. The number of nitrogens with one attached hydrogen (secondary N) is 2. The molecule has 0 saturated carbocycles. The third-order valence-corrected chi connectivity index (χ3v) is 3.73. The van der Waals surface area contributed by atoms with Gasteiger partial charge in [-0.1, -0.05) is 30.3 Å². The van der Waals surface area contributed by atoms with Crippen LogP contribution in [0.5, 0.6) is 11.5 Å². The van der Waals surface area contributed by atoms with E-state index in [4.69, 9.17) is 4.74 Å². The fraction of sp³-hybridized carbons (Fsp3) is 0.278. The highest BCUT2D eigenvalue weighted by atomic mass is 35.5. The number of ether oxygens (including phenoxy) is 1. The van der Waals surface area contributed by atoms with E-state index in [1.165, 1.54) is 0 Å². The Bertz CT molecular complexity index is 628. The Morgan fingerprint density at radius 3 is 2.57 bits per heavy atom. The van der Waals surface area contributed by atoms with E-state index in [-0.39, 0.29) is 24.4 Å². The molecule has 2 aromatic carbocycles. The maximum Gasteiger partial charge on any atom is 0.255 e. The minimum absolute atomic E-state index is 0. The number of carbonyl (C=O) groups is 1. The Balaban J connectivity index is 0.00000192. The first-order valence-corrected chi connectivity index (χ1v) is 7.66. The second-order valence-electron chi connectivity index (χ2n) is 5.43. The van der Waals surface area contributed by atoms with Crippen LogP contribution < -0.4 is 15.4 Å². The van der Waals surface area contributed by atoms with Gasteiger partial charge in [0.25, 0.3) is 5.91 Å². The van der Waals surface area contributed by atoms with Crippen molar-refractivity contribution in [1.29, 1.82) is 0 Å². The van der Waals surface area contributed by atoms with Gasteiger partial charge in [0, 0.05) is 12.6 Å². The van der Waals surface area contributed by atoms with Crippen molar-refractivity contribution in [3.05, 3.63) is 60.2 Å². The summed E-state index contributed by atoms with van der Waals surface area (Å²) in [4.78, 5) is 12.5. The number of para-hydroxylation sites is 2. The lowest BCUT2D eigenvalue weighted by Crippen LogP contribution is -2.45. The predicted octanol–water partition coefficient (Wildman–Crippen LogP) is 3.38. The molecule has 1 aliphatic heterocycles. The van der Waals surface area contributed by atoms with Gasteiger partial charge >= 0.3 is 0 Å². The van der Waals surface area contributed by atoms with Crippen LogP contribution in [0.15, 0.2) is 54.6 Å². The molecule has 1 amide bonds. The van der Waals surface area contributed by atoms with Crippen molar-refractivity contribution in [3.8, 4) is 11.5 Å². The summed E-state index contributed by atoms with van der Waals surface area (Å²) < 4.78 is 5.84. The summed E-state index contributed by atoms with van der Waals surface area (Å²) in [6.07, 6.45) is 2.10. The first-order chi connectivity index (χ1) is 10.8. The second-order valence-corrected chi connectivity index (χ2v) is 5.43. The molecule has 2 aromatic rings. The van der Waals surface area contributed by atoms with Crippen LogP contribution in [-0.2, 0) is 0 Å². The van der Waals surface area contributed by atoms with Crippen molar-refractivity contribution in [1.82, 2.24) is 10.6 Å². The van der Waals surface area contributed by atoms with Crippen molar-refractivity contribution in [2.24, 2.45) is 0 Å². The molecule has 1 aliphatic rings. The lowest BCUT2D eigenvalue weighted by atomic mass is 10.1. The number of benzene rings is 2. The van der Waals surface area contributed by atoms with E-state index in [9.17, 15) is 4.79 Å². The largest absolute Gasteiger partial charge is 0.457 e. The average molecular weight is 333 g/mol. The number of carbonyl (C=O) groups excluding carboxylic acids is 1. The van der Waals surface area contributed by atoms with Gasteiger partial charge in [-0.2, -0.15) is 0 Å². The molecule has 1 heterocycles. The first kappa shape index (κ1) is 17.3. The van der Waals surface area contributed by atoms with Crippen LogP contribution in [0.2, 0.25) is 0 Å². The van der Waals surface area contributed by atoms with Gasteiger partial charge in [0.2, 0.25) is 0 Å². The number of hydrogen-bond acceptors (Lipinski definition) is 3. The molecule has 0 bridgehead atoms. The number of halogens is 1. The van der Waals surface area contributed by atoms with E-state index in [1.807, 2.05) is 48.5 Å². The second kappa shape index (κ2) is 8.56. The Hall–Kier alpha value is -2.04. The third kappa shape index (κ3) is 4.71. The minimum Gasteiger partial charge on any atom is -0.457 e. The van der Waals surface area contributed by atoms with Crippen LogP contribution in [0.3, 0.4) is 0 Å². The van der Waals surface area contributed by atoms with Gasteiger partial charge in [-0.25, -0.2) is 0 Å². The van der Waals surface area contributed by atoms with Crippen molar-refractivity contribution in [2.45, 2.75) is 18.9 Å². The van der Waals surface area contributed by atoms with Crippen LogP contribution in [0.25, 0.3) is 0 Å². The molecule has 2 N–H and O–H groups in total. The van der Waals surface area contributed by atoms with E-state index in [2.05, 4.69) is 10.6 Å². The van der Waals surface area contributed by atoms with E-state index >= 15 is 0 Å². The Labute approximate surface area is 142 Å². The molecule has 1 atom stereocenters. The summed E-state index contributed by atoms with van der Waals surface area (Å²) in [6, 6.07) is 17.0. The topological polar surface area (TPSA) is 50.4 Å². The summed E-state index contributed by atoms with van der Waals surface area (Å²) >= 11 is 0. The number of hydrogen-bond donors (Lipinski definition) is 2. The van der Waals surface area contributed by atoms with E-state index in [0.717, 1.165) is 31.7 Å². The summed E-state index contributed by atoms with van der Waals surface area (Å²) in [6.45, 7) is 1.85. The zero-order valence-corrected chi connectivity index (χ0v) is 13.6. The van der Waals surface area contributed by atoms with Gasteiger partial charge in [-0.05, 0) is 43.7 Å². The van der Waals surface area contributed by atoms with E-state index < -0.39 is 0 Å². The summed E-state index contributed by atoms with van der Waals surface area (Å²) in [5.74, 6) is 1.22. The molecule has 0 spiro atoms. The van der Waals surface area contributed by atoms with Gasteiger partial charge < -0.3 is 15.4 Å². The lowest BCUT2D eigenvalue weighted by Gasteiger charge is -2.24. The molecule has 3 rings (SSSR count). The molecular weight excluding hydrogens is 312 g/mol. The molecule has 122 valence electrons. The molecule has 0 aromatic heterocycles. The molecule has 4 nitrogen and oxygen atoms in total. The minimum atomic E-state index is -0.0831. The van der Waals surface area contributed by atoms with Gasteiger partial charge in [0.15, 0.2) is 0 Å². The van der Waals surface area contributed by atoms with Crippen molar-refractivity contribution in [2.75, 3.05) is 13.1 Å². The molecule has 0 aliphatic carbocycles. The Morgan fingerprint density at radius 2 is 1.83 bits per heavy atom. The normalized spacial score (nSPS) is 17.0. The molecule has 23 heavy (non-hydrogen) atoms. The molecule has 1 fully saturated rings. The van der Waals surface area contributed by atoms with Crippen LogP contribution in [0.4, 0.5) is 0 Å². The smallest absolute Gasteiger partial charge is 0.255 e. The highest BCUT2D eigenvalue weighted by Gasteiger charge is 2.18. The highest BCUT2D eigenvalue weighted by Crippen LogP contribution is 2.25. The monoisotopic (exact) mass is 332 g/mol. The Morgan fingerprint density at radius 1 is 1.09 bits per heavy atom. The van der Waals surface area contributed by atoms with Crippen LogP contribution in [0.1, 0.15) is 23.2 Å². The summed E-state index contributed by atoms with van der Waals surface area (Å²) in [7, 11) is 0. The Kier molecular flexibility index (Phi) is 6.44. The highest BCUT2D eigenvalue weighted by molar-refractivity contribution is 5.97. The molecular formula is C18H21ClN2O2. The number of amides is 1. The summed E-state index contributed by atoms with van der Waals surface area (Å²) in [5.41, 5.74) is 0.567. The molecule has 0 radical (unpaired) electrons. The fourth-order valence-corrected chi connectivity index (χ4v) is 2.60. The summed E-state index contributed by atoms with van der Waals surface area (Å²) in [5, 5.41) is 6.38. The van der Waals surface area contributed by atoms with Crippen molar-refractivity contribution < 1.29 is 9.53 Å².